The molecule has 0 heterocycles. The Bertz CT molecular complexity index is 310. The molecule has 0 bridgehead atoms. The lowest BCUT2D eigenvalue weighted by Crippen LogP contribution is -2.02. The average Bonchev–Trinajstić information content (AvgIpc) is 2.03. The first-order valence-corrected chi connectivity index (χ1v) is 5.28. The van der Waals surface area contributed by atoms with E-state index >= 15 is 0 Å². The van der Waals surface area contributed by atoms with E-state index in [1.165, 1.54) is 6.07 Å². The zero-order valence-electron chi connectivity index (χ0n) is 6.67. The molecule has 1 aromatic carbocycles. The van der Waals surface area contributed by atoms with E-state index in [1.54, 1.807) is 0 Å². The van der Waals surface area contributed by atoms with Crippen molar-refractivity contribution in [3.63, 3.8) is 0 Å². The lowest BCUT2D eigenvalue weighted by Gasteiger charge is -2.00. The van der Waals surface area contributed by atoms with Crippen molar-refractivity contribution in [2.45, 2.75) is 4.90 Å². The number of halogens is 2. The normalized spacial score (nSPS) is 12.8. The second kappa shape index (κ2) is 4.69. The molecule has 5 heteroatoms. The van der Waals surface area contributed by atoms with E-state index in [2.05, 4.69) is 0 Å². The van der Waals surface area contributed by atoms with Gasteiger partial charge in [0.1, 0.15) is 5.82 Å². The average molecular weight is 223 g/mol. The summed E-state index contributed by atoms with van der Waals surface area (Å²) in [4.78, 5) is 0.305. The van der Waals surface area contributed by atoms with E-state index in [-0.39, 0.29) is 17.4 Å². The van der Waals surface area contributed by atoms with Gasteiger partial charge in [-0.2, -0.15) is 0 Å². The quantitative estimate of drug-likeness (QED) is 0.843. The van der Waals surface area contributed by atoms with Crippen LogP contribution in [0.25, 0.3) is 0 Å². The van der Waals surface area contributed by atoms with Gasteiger partial charge in [-0.05, 0) is 18.2 Å². The van der Waals surface area contributed by atoms with Gasteiger partial charge in [0.05, 0.1) is 23.2 Å². The molecular weight excluding hydrogens is 215 g/mol. The highest BCUT2D eigenvalue weighted by molar-refractivity contribution is 7.85. The Kier molecular flexibility index (Phi) is 3.84. The van der Waals surface area contributed by atoms with Crippen molar-refractivity contribution in [3.05, 3.63) is 29.0 Å². The van der Waals surface area contributed by atoms with Crippen molar-refractivity contribution < 1.29 is 13.7 Å². The fraction of sp³-hybridized carbons (Fsp3) is 0.250. The zero-order valence-corrected chi connectivity index (χ0v) is 8.24. The Morgan fingerprint density at radius 3 is 2.69 bits per heavy atom. The van der Waals surface area contributed by atoms with Crippen molar-refractivity contribution in [2.75, 3.05) is 12.4 Å². The van der Waals surface area contributed by atoms with Gasteiger partial charge in [0, 0.05) is 9.92 Å². The van der Waals surface area contributed by atoms with Crippen LogP contribution in [0, 0.1) is 5.82 Å². The third-order valence-electron chi connectivity index (χ3n) is 1.38. The molecule has 0 saturated heterocycles. The third kappa shape index (κ3) is 3.06. The summed E-state index contributed by atoms with van der Waals surface area (Å²) in [6.07, 6.45) is 0. The molecule has 1 N–H and O–H groups in total. The molecule has 0 radical (unpaired) electrons. The summed E-state index contributed by atoms with van der Waals surface area (Å²) >= 11 is 5.56. The highest BCUT2D eigenvalue weighted by Crippen LogP contribution is 2.16. The van der Waals surface area contributed by atoms with Gasteiger partial charge in [-0.1, -0.05) is 11.6 Å². The van der Waals surface area contributed by atoms with Gasteiger partial charge >= 0.3 is 0 Å². The first-order valence-electron chi connectivity index (χ1n) is 3.59. The van der Waals surface area contributed by atoms with E-state index in [9.17, 15) is 8.60 Å². The van der Waals surface area contributed by atoms with Gasteiger partial charge in [-0.25, -0.2) is 4.39 Å². The first-order chi connectivity index (χ1) is 6.13. The lowest BCUT2D eigenvalue weighted by atomic mass is 10.3. The molecule has 1 unspecified atom stereocenters. The number of hydrogen-bond donors (Lipinski definition) is 1. The van der Waals surface area contributed by atoms with Crippen LogP contribution in [0.2, 0.25) is 5.02 Å². The highest BCUT2D eigenvalue weighted by atomic mass is 35.5. The van der Waals surface area contributed by atoms with E-state index < -0.39 is 16.6 Å². The summed E-state index contributed by atoms with van der Waals surface area (Å²) in [7, 11) is -1.38. The van der Waals surface area contributed by atoms with Crippen LogP contribution < -0.4 is 0 Å². The number of rotatable bonds is 3. The minimum atomic E-state index is -1.38. The minimum Gasteiger partial charge on any atom is -0.395 e. The van der Waals surface area contributed by atoms with E-state index in [4.69, 9.17) is 16.7 Å². The van der Waals surface area contributed by atoms with Crippen LogP contribution in [0.15, 0.2) is 23.1 Å². The summed E-state index contributed by atoms with van der Waals surface area (Å²) in [6, 6.07) is 3.72. The molecular formula is C8H8ClFO2S. The van der Waals surface area contributed by atoms with Gasteiger partial charge in [0.25, 0.3) is 0 Å². The van der Waals surface area contributed by atoms with E-state index in [0.717, 1.165) is 12.1 Å². The fourth-order valence-corrected chi connectivity index (χ4v) is 2.05. The van der Waals surface area contributed by atoms with Crippen molar-refractivity contribution >= 4 is 22.4 Å². The molecule has 13 heavy (non-hydrogen) atoms. The predicted molar refractivity (Wildman–Crippen MR) is 49.8 cm³/mol. The SMILES string of the molecule is O=S(CCO)c1cc(F)cc(Cl)c1. The maximum Gasteiger partial charge on any atom is 0.125 e. The van der Waals surface area contributed by atoms with Crippen LogP contribution >= 0.6 is 11.6 Å². The Hall–Kier alpha value is -0.450. The second-order valence-electron chi connectivity index (χ2n) is 2.38. The van der Waals surface area contributed by atoms with Gasteiger partial charge in [0.15, 0.2) is 0 Å². The minimum absolute atomic E-state index is 0.0970. The number of aliphatic hydroxyl groups excluding tert-OH is 1. The maximum atomic E-state index is 12.7. The lowest BCUT2D eigenvalue weighted by molar-refractivity contribution is 0.321. The van der Waals surface area contributed by atoms with Gasteiger partial charge < -0.3 is 5.11 Å². The summed E-state index contributed by atoms with van der Waals surface area (Å²) in [6.45, 7) is -0.194. The molecule has 0 aliphatic carbocycles. The van der Waals surface area contributed by atoms with Gasteiger partial charge in [-0.15, -0.1) is 0 Å². The number of hydrogen-bond acceptors (Lipinski definition) is 2. The monoisotopic (exact) mass is 222 g/mol. The molecule has 2 nitrogen and oxygen atoms in total. The van der Waals surface area contributed by atoms with Gasteiger partial charge in [0.2, 0.25) is 0 Å². The standard InChI is InChI=1S/C8H8ClFO2S/c9-6-3-7(10)5-8(4-6)13(12)2-1-11/h3-5,11H,1-2H2. The van der Waals surface area contributed by atoms with Crippen LogP contribution in [0.5, 0.6) is 0 Å². The van der Waals surface area contributed by atoms with Crippen molar-refractivity contribution in [1.29, 1.82) is 0 Å². The maximum absolute atomic E-state index is 12.7. The molecule has 0 fully saturated rings. The summed E-state index contributed by atoms with van der Waals surface area (Å²) in [5.41, 5.74) is 0. The Morgan fingerprint density at radius 2 is 2.15 bits per heavy atom. The number of aliphatic hydroxyl groups is 1. The van der Waals surface area contributed by atoms with Gasteiger partial charge in [-0.3, -0.25) is 4.21 Å². The first kappa shape index (κ1) is 10.6. The summed E-state index contributed by atoms with van der Waals surface area (Å²) in [5, 5.41) is 8.73. The van der Waals surface area contributed by atoms with Crippen molar-refractivity contribution in [1.82, 2.24) is 0 Å². The Morgan fingerprint density at radius 1 is 1.46 bits per heavy atom. The molecule has 0 aromatic heterocycles. The van der Waals surface area contributed by atoms with Crippen LogP contribution in [0.4, 0.5) is 4.39 Å². The van der Waals surface area contributed by atoms with E-state index in [0.29, 0.717) is 4.90 Å². The predicted octanol–water partition coefficient (Wildman–Crippen LogP) is 1.58. The largest absolute Gasteiger partial charge is 0.395 e. The number of benzene rings is 1. The summed E-state index contributed by atoms with van der Waals surface area (Å²) < 4.78 is 24.0. The summed E-state index contributed by atoms with van der Waals surface area (Å²) in [5.74, 6) is -0.423. The Balaban J connectivity index is 2.94. The van der Waals surface area contributed by atoms with Crippen LogP contribution in [0.3, 0.4) is 0 Å². The molecule has 1 atom stereocenters. The van der Waals surface area contributed by atoms with Crippen molar-refractivity contribution in [3.8, 4) is 0 Å². The zero-order chi connectivity index (χ0) is 9.84. The highest BCUT2D eigenvalue weighted by Gasteiger charge is 2.05. The van der Waals surface area contributed by atoms with Crippen molar-refractivity contribution in [2.24, 2.45) is 0 Å². The van der Waals surface area contributed by atoms with Crippen LogP contribution in [-0.2, 0) is 10.8 Å². The fourth-order valence-electron chi connectivity index (χ4n) is 0.861. The molecule has 0 saturated carbocycles. The molecule has 1 rings (SSSR count). The smallest absolute Gasteiger partial charge is 0.125 e. The van der Waals surface area contributed by atoms with E-state index in [1.807, 2.05) is 0 Å². The molecule has 72 valence electrons. The van der Waals surface area contributed by atoms with Crippen LogP contribution in [-0.4, -0.2) is 21.7 Å². The third-order valence-corrected chi connectivity index (χ3v) is 2.91. The Labute approximate surface area is 82.8 Å². The molecule has 0 spiro atoms. The molecule has 0 amide bonds. The topological polar surface area (TPSA) is 37.3 Å². The molecule has 0 aliphatic rings. The molecule has 0 aliphatic heterocycles. The second-order valence-corrected chi connectivity index (χ2v) is 4.39. The van der Waals surface area contributed by atoms with Crippen LogP contribution in [0.1, 0.15) is 0 Å². The molecule has 1 aromatic rings.